The van der Waals surface area contributed by atoms with Gasteiger partial charge in [-0.1, -0.05) is 0 Å². The van der Waals surface area contributed by atoms with Crippen LogP contribution in [0.25, 0.3) is 10.9 Å². The van der Waals surface area contributed by atoms with E-state index >= 15 is 0 Å². The van der Waals surface area contributed by atoms with Crippen molar-refractivity contribution in [2.24, 2.45) is 0 Å². The van der Waals surface area contributed by atoms with Gasteiger partial charge in [0.1, 0.15) is 18.1 Å². The molecule has 0 spiro atoms. The van der Waals surface area contributed by atoms with Gasteiger partial charge in [0.05, 0.1) is 21.9 Å². The second-order valence-corrected chi connectivity index (χ2v) is 8.24. The quantitative estimate of drug-likeness (QED) is 0.507. The molecule has 1 saturated heterocycles. The lowest BCUT2D eigenvalue weighted by Gasteiger charge is -2.41. The second-order valence-electron chi connectivity index (χ2n) is 7.08. The molecule has 2 aromatic heterocycles. The van der Waals surface area contributed by atoms with E-state index in [2.05, 4.69) is 32.7 Å². The number of piperazine rings is 1. The van der Waals surface area contributed by atoms with Crippen molar-refractivity contribution in [3.05, 3.63) is 46.2 Å². The Kier molecular flexibility index (Phi) is 5.57. The molecule has 152 valence electrons. The summed E-state index contributed by atoms with van der Waals surface area (Å²) >= 11 is 2.06. The van der Waals surface area contributed by atoms with Gasteiger partial charge in [-0.05, 0) is 41.6 Å². The van der Waals surface area contributed by atoms with Crippen molar-refractivity contribution in [3.63, 3.8) is 0 Å². The van der Waals surface area contributed by atoms with Gasteiger partial charge in [0, 0.05) is 55.7 Å². The Morgan fingerprint density at radius 3 is 2.93 bits per heavy atom. The van der Waals surface area contributed by atoms with Crippen molar-refractivity contribution < 1.29 is 13.9 Å². The number of rotatable bonds is 4. The molecule has 3 aromatic rings. The topological polar surface area (TPSA) is 63.5 Å². The number of pyridine rings is 1. The number of hydrogen-bond acceptors (Lipinski definition) is 5. The number of fused-ring (bicyclic) bond motifs is 1. The summed E-state index contributed by atoms with van der Waals surface area (Å²) in [5.74, 6) is 0.367. The zero-order valence-corrected chi connectivity index (χ0v) is 18.3. The van der Waals surface area contributed by atoms with E-state index in [0.717, 1.165) is 14.5 Å². The predicted molar refractivity (Wildman–Crippen MR) is 117 cm³/mol. The predicted octanol–water partition coefficient (Wildman–Crippen LogP) is 2.92. The molecule has 4 rings (SSSR count). The van der Waals surface area contributed by atoms with E-state index < -0.39 is 0 Å². The number of ether oxygens (including phenoxy) is 1. The Labute approximate surface area is 181 Å². The molecule has 0 radical (unpaired) electrons. The van der Waals surface area contributed by atoms with Gasteiger partial charge in [0.25, 0.3) is 0 Å². The monoisotopic (exact) mass is 509 g/mol. The summed E-state index contributed by atoms with van der Waals surface area (Å²) in [4.78, 5) is 20.7. The van der Waals surface area contributed by atoms with Crippen LogP contribution in [0.4, 0.5) is 10.1 Å². The Morgan fingerprint density at radius 1 is 1.38 bits per heavy atom. The van der Waals surface area contributed by atoms with Gasteiger partial charge in [0.15, 0.2) is 0 Å². The van der Waals surface area contributed by atoms with Crippen molar-refractivity contribution in [2.45, 2.75) is 19.5 Å². The van der Waals surface area contributed by atoms with E-state index in [4.69, 9.17) is 4.74 Å². The number of carbonyl (C=O) groups excluding carboxylic acids is 1. The summed E-state index contributed by atoms with van der Waals surface area (Å²) in [6, 6.07) is 4.98. The number of hydrogen-bond donors (Lipinski definition) is 0. The standard InChI is InChI=1S/C20H21FIN5O2/c1-13-10-25(18-8-19(29-2)16(22)7-15(18)21)5-6-27(13)20(28)12-26-11-14-9-23-4-3-17(14)24-26/h3-4,7-9,11,13H,5-6,10,12H2,1-2H3/t13-/m0/s1. The lowest BCUT2D eigenvalue weighted by Crippen LogP contribution is -2.55. The molecule has 0 saturated carbocycles. The van der Waals surface area contributed by atoms with E-state index in [1.807, 2.05) is 29.0 Å². The lowest BCUT2D eigenvalue weighted by molar-refractivity contribution is -0.134. The molecule has 0 bridgehead atoms. The van der Waals surface area contributed by atoms with Gasteiger partial charge in [-0.2, -0.15) is 5.10 Å². The minimum Gasteiger partial charge on any atom is -0.496 e. The number of benzene rings is 1. The number of carbonyl (C=O) groups is 1. The number of anilines is 1. The smallest absolute Gasteiger partial charge is 0.244 e. The molecule has 3 heterocycles. The molecule has 0 N–H and O–H groups in total. The highest BCUT2D eigenvalue weighted by Gasteiger charge is 2.29. The molecule has 9 heteroatoms. The molecular formula is C20H21FIN5O2. The first-order chi connectivity index (χ1) is 14.0. The van der Waals surface area contributed by atoms with Crippen LogP contribution in [0.15, 0.2) is 36.8 Å². The van der Waals surface area contributed by atoms with E-state index in [9.17, 15) is 9.18 Å². The molecular weight excluding hydrogens is 488 g/mol. The van der Waals surface area contributed by atoms with Gasteiger partial charge in [-0.25, -0.2) is 4.39 Å². The van der Waals surface area contributed by atoms with Crippen LogP contribution < -0.4 is 9.64 Å². The summed E-state index contributed by atoms with van der Waals surface area (Å²) < 4.78 is 22.2. The molecule has 29 heavy (non-hydrogen) atoms. The number of amides is 1. The van der Waals surface area contributed by atoms with Gasteiger partial charge in [-0.3, -0.25) is 14.5 Å². The average Bonchev–Trinajstić information content (AvgIpc) is 3.10. The SMILES string of the molecule is COc1cc(N2CCN(C(=O)Cn3cc4cnccc4n3)[C@@H](C)C2)c(F)cc1I. The highest BCUT2D eigenvalue weighted by molar-refractivity contribution is 14.1. The third-order valence-electron chi connectivity index (χ3n) is 5.16. The van der Waals surface area contributed by atoms with Crippen molar-refractivity contribution >= 4 is 45.1 Å². The third kappa shape index (κ3) is 4.00. The van der Waals surface area contributed by atoms with Crippen molar-refractivity contribution in [1.82, 2.24) is 19.7 Å². The minimum absolute atomic E-state index is 0.00132. The maximum absolute atomic E-state index is 14.5. The first-order valence-corrected chi connectivity index (χ1v) is 10.4. The maximum Gasteiger partial charge on any atom is 0.244 e. The number of nitrogens with zero attached hydrogens (tertiary/aromatic N) is 5. The van der Waals surface area contributed by atoms with Crippen molar-refractivity contribution in [1.29, 1.82) is 0 Å². The van der Waals surface area contributed by atoms with Crippen molar-refractivity contribution in [2.75, 3.05) is 31.6 Å². The maximum atomic E-state index is 14.5. The summed E-state index contributed by atoms with van der Waals surface area (Å²) in [5.41, 5.74) is 1.32. The highest BCUT2D eigenvalue weighted by Crippen LogP contribution is 2.31. The van der Waals surface area contributed by atoms with Crippen LogP contribution in [0.3, 0.4) is 0 Å². The molecule has 1 aromatic carbocycles. The lowest BCUT2D eigenvalue weighted by atomic mass is 10.1. The molecule has 7 nitrogen and oxygen atoms in total. The fourth-order valence-electron chi connectivity index (χ4n) is 3.69. The summed E-state index contributed by atoms with van der Waals surface area (Å²) in [6.45, 7) is 3.79. The van der Waals surface area contributed by atoms with Crippen molar-refractivity contribution in [3.8, 4) is 5.75 Å². The normalized spacial score (nSPS) is 17.0. The van der Waals surface area contributed by atoms with Crippen LogP contribution >= 0.6 is 22.6 Å². The van der Waals surface area contributed by atoms with E-state index in [0.29, 0.717) is 31.1 Å². The molecule has 0 unspecified atom stereocenters. The van der Waals surface area contributed by atoms with Crippen LogP contribution in [0.1, 0.15) is 6.92 Å². The molecule has 1 aliphatic heterocycles. The van der Waals surface area contributed by atoms with E-state index in [1.54, 1.807) is 30.3 Å². The minimum atomic E-state index is -0.279. The first-order valence-electron chi connectivity index (χ1n) is 9.31. The molecule has 1 fully saturated rings. The molecule has 1 atom stereocenters. The van der Waals surface area contributed by atoms with Crippen LogP contribution in [-0.2, 0) is 11.3 Å². The Balaban J connectivity index is 1.45. The Bertz CT molecular complexity index is 1020. The molecule has 1 aliphatic rings. The van der Waals surface area contributed by atoms with E-state index in [-0.39, 0.29) is 24.3 Å². The van der Waals surface area contributed by atoms with Gasteiger partial charge < -0.3 is 14.5 Å². The largest absolute Gasteiger partial charge is 0.496 e. The van der Waals surface area contributed by atoms with Crippen LogP contribution in [0.2, 0.25) is 0 Å². The molecule has 1 amide bonds. The zero-order chi connectivity index (χ0) is 20.5. The number of methoxy groups -OCH3 is 1. The Morgan fingerprint density at radius 2 is 2.21 bits per heavy atom. The van der Waals surface area contributed by atoms with Crippen LogP contribution in [0, 0.1) is 9.39 Å². The van der Waals surface area contributed by atoms with Gasteiger partial charge in [0.2, 0.25) is 5.91 Å². The van der Waals surface area contributed by atoms with Crippen LogP contribution in [0.5, 0.6) is 5.75 Å². The fourth-order valence-corrected chi connectivity index (χ4v) is 4.34. The fraction of sp³-hybridized carbons (Fsp3) is 0.350. The second kappa shape index (κ2) is 8.13. The summed E-state index contributed by atoms with van der Waals surface area (Å²) in [6.07, 6.45) is 5.24. The average molecular weight is 509 g/mol. The molecule has 0 aliphatic carbocycles. The highest BCUT2D eigenvalue weighted by atomic mass is 127. The Hall–Kier alpha value is -2.43. The van der Waals surface area contributed by atoms with Crippen LogP contribution in [-0.4, -0.2) is 58.4 Å². The van der Waals surface area contributed by atoms with E-state index in [1.165, 1.54) is 6.07 Å². The summed E-state index contributed by atoms with van der Waals surface area (Å²) in [7, 11) is 1.58. The summed E-state index contributed by atoms with van der Waals surface area (Å²) in [5, 5.41) is 5.33. The van der Waals surface area contributed by atoms with Gasteiger partial charge in [-0.15, -0.1) is 0 Å². The zero-order valence-electron chi connectivity index (χ0n) is 16.2. The third-order valence-corrected chi connectivity index (χ3v) is 6.00. The van der Waals surface area contributed by atoms with Gasteiger partial charge >= 0.3 is 0 Å². The first kappa shape index (κ1) is 19.9. The number of halogens is 2. The number of aromatic nitrogens is 3.